The Balaban J connectivity index is 2.01. The summed E-state index contributed by atoms with van der Waals surface area (Å²) in [6.45, 7) is 0. The molecule has 19 heavy (non-hydrogen) atoms. The largest absolute Gasteiger partial charge is 0.455 e. The van der Waals surface area contributed by atoms with Crippen LogP contribution < -0.4 is 4.74 Å². The van der Waals surface area contributed by atoms with Crippen molar-refractivity contribution in [2.45, 2.75) is 12.3 Å². The van der Waals surface area contributed by atoms with Crippen LogP contribution in [-0.4, -0.2) is 4.98 Å². The summed E-state index contributed by atoms with van der Waals surface area (Å²) in [5.74, 6) is -3.37. The van der Waals surface area contributed by atoms with Crippen LogP contribution in [0.2, 0.25) is 0 Å². The molecule has 2 aromatic rings. The fraction of sp³-hybridized carbons (Fsp3) is 0.154. The minimum atomic E-state index is -2.91. The van der Waals surface area contributed by atoms with Crippen molar-refractivity contribution in [3.8, 4) is 11.5 Å². The highest BCUT2D eigenvalue weighted by Gasteiger charge is 2.48. The topological polar surface area (TPSA) is 22.1 Å². The van der Waals surface area contributed by atoms with E-state index in [9.17, 15) is 13.2 Å². The number of hydrogen-bond donors (Lipinski definition) is 0. The monoisotopic (exact) mass is 329 g/mol. The molecule has 1 aromatic heterocycles. The van der Waals surface area contributed by atoms with Gasteiger partial charge >= 0.3 is 0 Å². The van der Waals surface area contributed by atoms with Gasteiger partial charge in [-0.25, -0.2) is 13.2 Å². The van der Waals surface area contributed by atoms with Crippen molar-refractivity contribution in [3.63, 3.8) is 0 Å². The van der Waals surface area contributed by atoms with E-state index >= 15 is 0 Å². The predicted molar refractivity (Wildman–Crippen MR) is 66.0 cm³/mol. The highest BCUT2D eigenvalue weighted by molar-refractivity contribution is 9.10. The van der Waals surface area contributed by atoms with E-state index in [1.807, 2.05) is 0 Å². The normalized spacial score (nSPS) is 15.6. The maximum Gasteiger partial charge on any atom is 0.281 e. The lowest BCUT2D eigenvalue weighted by Gasteiger charge is -2.32. The smallest absolute Gasteiger partial charge is 0.281 e. The lowest BCUT2D eigenvalue weighted by molar-refractivity contribution is -0.0311. The van der Waals surface area contributed by atoms with Gasteiger partial charge in [-0.15, -0.1) is 0 Å². The molecule has 0 unspecified atom stereocenters. The average molecular weight is 330 g/mol. The van der Waals surface area contributed by atoms with E-state index in [1.165, 1.54) is 12.3 Å². The maximum atomic E-state index is 13.6. The van der Waals surface area contributed by atoms with Gasteiger partial charge in [-0.3, -0.25) is 4.98 Å². The number of pyridine rings is 1. The van der Waals surface area contributed by atoms with Crippen LogP contribution in [0.3, 0.4) is 0 Å². The summed E-state index contributed by atoms with van der Waals surface area (Å²) in [6, 6.07) is 4.16. The van der Waals surface area contributed by atoms with Crippen LogP contribution in [0, 0.1) is 5.82 Å². The maximum absolute atomic E-state index is 13.6. The Hall–Kier alpha value is -1.56. The standard InChI is InChI=1S/C13H7BrF3NO/c14-10-1-2-11(12-9(10)4-13(12,16)17)19-8-3-7(15)5-18-6-8/h1-3,5-6H,4H2. The second kappa shape index (κ2) is 4.23. The van der Waals surface area contributed by atoms with Gasteiger partial charge in [0.25, 0.3) is 5.92 Å². The Morgan fingerprint density at radius 2 is 2.05 bits per heavy atom. The number of ether oxygens (including phenoxy) is 1. The van der Waals surface area contributed by atoms with Crippen molar-refractivity contribution < 1.29 is 17.9 Å². The van der Waals surface area contributed by atoms with E-state index in [0.29, 0.717) is 10.0 Å². The third-order valence-electron chi connectivity index (χ3n) is 2.89. The summed E-state index contributed by atoms with van der Waals surface area (Å²) >= 11 is 3.22. The Bertz CT molecular complexity index is 660. The molecule has 0 N–H and O–H groups in total. The minimum absolute atomic E-state index is 0.0295. The van der Waals surface area contributed by atoms with Gasteiger partial charge in [0.1, 0.15) is 17.3 Å². The predicted octanol–water partition coefficient (Wildman–Crippen LogP) is 4.42. The number of aromatic nitrogens is 1. The van der Waals surface area contributed by atoms with Crippen LogP contribution in [0.4, 0.5) is 13.2 Å². The molecule has 0 amide bonds. The van der Waals surface area contributed by atoms with Crippen molar-refractivity contribution in [1.82, 2.24) is 4.98 Å². The molecule has 3 rings (SSSR count). The van der Waals surface area contributed by atoms with Crippen LogP contribution in [-0.2, 0) is 12.3 Å². The third kappa shape index (κ3) is 2.10. The molecule has 2 nitrogen and oxygen atoms in total. The molecule has 0 aliphatic heterocycles. The fourth-order valence-electron chi connectivity index (χ4n) is 2.04. The highest BCUT2D eigenvalue weighted by Crippen LogP contribution is 2.52. The first-order valence-electron chi connectivity index (χ1n) is 5.45. The molecule has 0 fully saturated rings. The molecule has 6 heteroatoms. The Kier molecular flexibility index (Phi) is 2.78. The van der Waals surface area contributed by atoms with Crippen LogP contribution in [0.5, 0.6) is 11.5 Å². The molecule has 1 aliphatic rings. The third-order valence-corrected chi connectivity index (χ3v) is 3.63. The number of benzene rings is 1. The van der Waals surface area contributed by atoms with Crippen LogP contribution in [0.25, 0.3) is 0 Å². The van der Waals surface area contributed by atoms with E-state index in [4.69, 9.17) is 4.74 Å². The lowest BCUT2D eigenvalue weighted by Crippen LogP contribution is -2.30. The Morgan fingerprint density at radius 1 is 1.26 bits per heavy atom. The lowest BCUT2D eigenvalue weighted by atomic mass is 9.83. The molecular weight excluding hydrogens is 323 g/mol. The first-order valence-corrected chi connectivity index (χ1v) is 6.25. The molecular formula is C13H7BrF3NO. The van der Waals surface area contributed by atoms with Gasteiger partial charge in [-0.1, -0.05) is 15.9 Å². The van der Waals surface area contributed by atoms with Gasteiger partial charge in [0.05, 0.1) is 18.0 Å². The number of hydrogen-bond acceptors (Lipinski definition) is 2. The molecule has 1 heterocycles. The summed E-state index contributed by atoms with van der Waals surface area (Å²) in [7, 11) is 0. The molecule has 0 spiro atoms. The van der Waals surface area contributed by atoms with Crippen molar-refractivity contribution in [3.05, 3.63) is 52.0 Å². The number of fused-ring (bicyclic) bond motifs is 1. The van der Waals surface area contributed by atoms with Crippen LogP contribution >= 0.6 is 15.9 Å². The Labute approximate surface area is 115 Å². The summed E-state index contributed by atoms with van der Waals surface area (Å²) in [5, 5.41) is 0. The van der Waals surface area contributed by atoms with Crippen molar-refractivity contribution in [2.75, 3.05) is 0 Å². The summed E-state index contributed by atoms with van der Waals surface area (Å²) in [6.07, 6.45) is 1.97. The second-order valence-electron chi connectivity index (χ2n) is 4.22. The zero-order chi connectivity index (χ0) is 13.6. The van der Waals surface area contributed by atoms with Gasteiger partial charge in [0.2, 0.25) is 0 Å². The molecule has 0 radical (unpaired) electrons. The van der Waals surface area contributed by atoms with Crippen molar-refractivity contribution >= 4 is 15.9 Å². The van der Waals surface area contributed by atoms with Gasteiger partial charge in [-0.05, 0) is 17.7 Å². The SMILES string of the molecule is Fc1cncc(Oc2ccc(Br)c3c2C(F)(F)C3)c1. The van der Waals surface area contributed by atoms with E-state index in [2.05, 4.69) is 20.9 Å². The second-order valence-corrected chi connectivity index (χ2v) is 5.08. The van der Waals surface area contributed by atoms with Crippen LogP contribution in [0.1, 0.15) is 11.1 Å². The van der Waals surface area contributed by atoms with Gasteiger partial charge < -0.3 is 4.74 Å². The van der Waals surface area contributed by atoms with Crippen molar-refractivity contribution in [1.29, 1.82) is 0 Å². The van der Waals surface area contributed by atoms with Crippen molar-refractivity contribution in [2.24, 2.45) is 0 Å². The molecule has 1 aromatic carbocycles. The van der Waals surface area contributed by atoms with Crippen LogP contribution in [0.15, 0.2) is 35.1 Å². The van der Waals surface area contributed by atoms with E-state index in [-0.39, 0.29) is 23.5 Å². The van der Waals surface area contributed by atoms with Gasteiger partial charge in [0.15, 0.2) is 0 Å². The van der Waals surface area contributed by atoms with E-state index < -0.39 is 11.7 Å². The number of rotatable bonds is 2. The average Bonchev–Trinajstić information content (AvgIpc) is 2.32. The minimum Gasteiger partial charge on any atom is -0.455 e. The highest BCUT2D eigenvalue weighted by atomic mass is 79.9. The number of halogens is 4. The van der Waals surface area contributed by atoms with E-state index in [0.717, 1.165) is 12.3 Å². The zero-order valence-electron chi connectivity index (χ0n) is 9.46. The Morgan fingerprint density at radius 3 is 2.74 bits per heavy atom. The first kappa shape index (κ1) is 12.5. The number of nitrogens with zero attached hydrogens (tertiary/aromatic N) is 1. The first-order chi connectivity index (χ1) is 8.97. The quantitative estimate of drug-likeness (QED) is 0.813. The van der Waals surface area contributed by atoms with Gasteiger partial charge in [-0.2, -0.15) is 0 Å². The summed E-state index contributed by atoms with van der Waals surface area (Å²) in [5.41, 5.74) is 0.373. The number of alkyl halides is 2. The molecule has 0 saturated heterocycles. The fourth-order valence-corrected chi connectivity index (χ4v) is 2.51. The molecule has 1 aliphatic carbocycles. The zero-order valence-corrected chi connectivity index (χ0v) is 11.0. The van der Waals surface area contributed by atoms with E-state index in [1.54, 1.807) is 6.07 Å². The summed E-state index contributed by atoms with van der Waals surface area (Å²) < 4.78 is 46.0. The molecule has 0 atom stereocenters. The summed E-state index contributed by atoms with van der Waals surface area (Å²) in [4.78, 5) is 3.61. The molecule has 98 valence electrons. The van der Waals surface area contributed by atoms with Gasteiger partial charge in [0, 0.05) is 17.0 Å². The molecule has 0 saturated carbocycles. The molecule has 0 bridgehead atoms.